The topological polar surface area (TPSA) is 66.4 Å². The summed E-state index contributed by atoms with van der Waals surface area (Å²) in [5.41, 5.74) is 3.52. The minimum absolute atomic E-state index is 0.0687. The van der Waals surface area contributed by atoms with Crippen LogP contribution in [0.1, 0.15) is 28.4 Å². The summed E-state index contributed by atoms with van der Waals surface area (Å²) in [5.74, 6) is 1.72. The van der Waals surface area contributed by atoms with E-state index in [9.17, 15) is 9.59 Å². The van der Waals surface area contributed by atoms with Crippen molar-refractivity contribution in [3.63, 3.8) is 0 Å². The van der Waals surface area contributed by atoms with Crippen LogP contribution in [-0.2, 0) is 16.3 Å². The van der Waals surface area contributed by atoms with Gasteiger partial charge in [-0.3, -0.25) is 9.59 Å². The van der Waals surface area contributed by atoms with Crippen molar-refractivity contribution in [2.45, 2.75) is 18.4 Å². The number of anilines is 1. The second kappa shape index (κ2) is 10.2. The Hall–Kier alpha value is -1.92. The summed E-state index contributed by atoms with van der Waals surface area (Å²) in [4.78, 5) is 22.9. The maximum atomic E-state index is 12.4. The van der Waals surface area contributed by atoms with Crippen LogP contribution in [0.5, 0.6) is 0 Å². The summed E-state index contributed by atoms with van der Waals surface area (Å²) < 4.78 is 0. The van der Waals surface area contributed by atoms with Gasteiger partial charge in [0, 0.05) is 22.8 Å². The van der Waals surface area contributed by atoms with Gasteiger partial charge < -0.3 is 10.4 Å². The maximum Gasteiger partial charge on any atom is 0.313 e. The van der Waals surface area contributed by atoms with E-state index < -0.39 is 5.97 Å². The summed E-state index contributed by atoms with van der Waals surface area (Å²) >= 11 is 3.18. The van der Waals surface area contributed by atoms with Crippen molar-refractivity contribution in [1.82, 2.24) is 0 Å². The van der Waals surface area contributed by atoms with Gasteiger partial charge in [0.1, 0.15) is 0 Å². The highest BCUT2D eigenvalue weighted by atomic mass is 32.2. The highest BCUT2D eigenvalue weighted by molar-refractivity contribution is 7.99. The molecule has 0 saturated carbocycles. The van der Waals surface area contributed by atoms with Crippen molar-refractivity contribution in [3.8, 4) is 0 Å². The van der Waals surface area contributed by atoms with Gasteiger partial charge in [0.25, 0.3) is 5.91 Å². The van der Waals surface area contributed by atoms with E-state index in [-0.39, 0.29) is 11.7 Å². The molecule has 1 amide bonds. The first-order valence-electron chi connectivity index (χ1n) is 7.95. The Kier molecular flexibility index (Phi) is 7.88. The first kappa shape index (κ1) is 19.4. The van der Waals surface area contributed by atoms with Gasteiger partial charge in [-0.2, -0.15) is 11.8 Å². The molecule has 132 valence electrons. The number of benzene rings is 2. The molecular formula is C19H21NO3S2. The van der Waals surface area contributed by atoms with Crippen LogP contribution in [0.3, 0.4) is 0 Å². The van der Waals surface area contributed by atoms with Gasteiger partial charge >= 0.3 is 5.97 Å². The summed E-state index contributed by atoms with van der Waals surface area (Å²) in [7, 11) is 0. The van der Waals surface area contributed by atoms with Crippen LogP contribution >= 0.6 is 23.5 Å². The van der Waals surface area contributed by atoms with E-state index >= 15 is 0 Å². The second-order valence-corrected chi connectivity index (χ2v) is 7.63. The van der Waals surface area contributed by atoms with Crippen molar-refractivity contribution in [1.29, 1.82) is 0 Å². The third-order valence-corrected chi connectivity index (χ3v) is 5.30. The monoisotopic (exact) mass is 375 g/mol. The second-order valence-electron chi connectivity index (χ2n) is 5.38. The molecule has 0 saturated heterocycles. The van der Waals surface area contributed by atoms with E-state index in [1.807, 2.05) is 60.3 Å². The fraction of sp³-hybridized carbons (Fsp3) is 0.263. The minimum Gasteiger partial charge on any atom is -0.481 e. The van der Waals surface area contributed by atoms with Gasteiger partial charge in [-0.1, -0.05) is 31.2 Å². The Balaban J connectivity index is 1.94. The number of amides is 1. The average Bonchev–Trinajstić information content (AvgIpc) is 2.60. The number of nitrogens with one attached hydrogen (secondary N) is 1. The molecule has 0 unspecified atom stereocenters. The van der Waals surface area contributed by atoms with Crippen molar-refractivity contribution in [2.75, 3.05) is 16.8 Å². The molecule has 2 aromatic carbocycles. The number of carbonyl (C=O) groups excluding carboxylic acids is 1. The number of carboxylic acid groups (broad SMARTS) is 1. The summed E-state index contributed by atoms with van der Waals surface area (Å²) in [6, 6.07) is 15.1. The van der Waals surface area contributed by atoms with Crippen LogP contribution < -0.4 is 5.32 Å². The van der Waals surface area contributed by atoms with E-state index in [0.29, 0.717) is 17.0 Å². The molecule has 2 rings (SSSR count). The van der Waals surface area contributed by atoms with Gasteiger partial charge in [-0.05, 0) is 41.1 Å². The van der Waals surface area contributed by atoms with Crippen LogP contribution in [0.25, 0.3) is 0 Å². The third kappa shape index (κ3) is 6.84. The molecule has 0 aliphatic carbocycles. The Morgan fingerprint density at radius 2 is 1.72 bits per heavy atom. The Bertz CT molecular complexity index is 717. The SMILES string of the molecule is CCSCc1ccc(C(=O)Nc2cccc(CSCC(=O)O)c2)cc1. The summed E-state index contributed by atoms with van der Waals surface area (Å²) in [5, 5.41) is 11.6. The molecule has 0 aromatic heterocycles. The van der Waals surface area contributed by atoms with Crippen LogP contribution in [0, 0.1) is 0 Å². The zero-order chi connectivity index (χ0) is 18.1. The zero-order valence-corrected chi connectivity index (χ0v) is 15.7. The number of hydrogen-bond donors (Lipinski definition) is 2. The number of thioether (sulfide) groups is 2. The molecule has 2 aromatic rings. The molecule has 0 aliphatic rings. The standard InChI is InChI=1S/C19H21NO3S2/c1-2-24-11-14-6-8-16(9-7-14)19(23)20-17-5-3-4-15(10-17)12-25-13-18(21)22/h3-10H,2,11-13H2,1H3,(H,20,23)(H,21,22). The van der Waals surface area contributed by atoms with E-state index in [2.05, 4.69) is 12.2 Å². The number of hydrogen-bond acceptors (Lipinski definition) is 4. The van der Waals surface area contributed by atoms with Gasteiger partial charge in [-0.15, -0.1) is 11.8 Å². The zero-order valence-electron chi connectivity index (χ0n) is 14.0. The molecule has 0 atom stereocenters. The lowest BCUT2D eigenvalue weighted by Crippen LogP contribution is -2.12. The lowest BCUT2D eigenvalue weighted by Gasteiger charge is -2.08. The molecule has 0 radical (unpaired) electrons. The normalized spacial score (nSPS) is 10.4. The van der Waals surface area contributed by atoms with E-state index in [1.54, 1.807) is 0 Å². The lowest BCUT2D eigenvalue weighted by atomic mass is 10.1. The quantitative estimate of drug-likeness (QED) is 0.675. The molecule has 0 aliphatic heterocycles. The smallest absolute Gasteiger partial charge is 0.313 e. The number of aliphatic carboxylic acids is 1. The molecule has 6 heteroatoms. The molecule has 25 heavy (non-hydrogen) atoms. The van der Waals surface area contributed by atoms with Crippen LogP contribution in [-0.4, -0.2) is 28.5 Å². The van der Waals surface area contributed by atoms with Crippen LogP contribution in [0.15, 0.2) is 48.5 Å². The van der Waals surface area contributed by atoms with Crippen molar-refractivity contribution < 1.29 is 14.7 Å². The highest BCUT2D eigenvalue weighted by Crippen LogP contribution is 2.18. The maximum absolute atomic E-state index is 12.4. The van der Waals surface area contributed by atoms with Gasteiger partial charge in [-0.25, -0.2) is 0 Å². The average molecular weight is 376 g/mol. The largest absolute Gasteiger partial charge is 0.481 e. The first-order chi connectivity index (χ1) is 12.1. The molecule has 0 bridgehead atoms. The van der Waals surface area contributed by atoms with Gasteiger partial charge in [0.05, 0.1) is 5.75 Å². The van der Waals surface area contributed by atoms with Gasteiger partial charge in [0.2, 0.25) is 0 Å². The summed E-state index contributed by atoms with van der Waals surface area (Å²) in [6.07, 6.45) is 0. The van der Waals surface area contributed by atoms with Crippen molar-refractivity contribution >= 4 is 41.1 Å². The molecule has 0 heterocycles. The molecular weight excluding hydrogens is 354 g/mol. The predicted molar refractivity (Wildman–Crippen MR) is 106 cm³/mol. The first-order valence-corrected chi connectivity index (χ1v) is 10.3. The molecule has 0 spiro atoms. The van der Waals surface area contributed by atoms with Crippen molar-refractivity contribution in [3.05, 3.63) is 65.2 Å². The van der Waals surface area contributed by atoms with E-state index in [1.165, 1.54) is 17.3 Å². The number of rotatable bonds is 9. The fourth-order valence-corrected chi connectivity index (χ4v) is 3.49. The van der Waals surface area contributed by atoms with Crippen molar-refractivity contribution in [2.24, 2.45) is 0 Å². The van der Waals surface area contributed by atoms with E-state index in [4.69, 9.17) is 5.11 Å². The Morgan fingerprint density at radius 1 is 1.00 bits per heavy atom. The summed E-state index contributed by atoms with van der Waals surface area (Å²) in [6.45, 7) is 2.13. The Morgan fingerprint density at radius 3 is 2.40 bits per heavy atom. The highest BCUT2D eigenvalue weighted by Gasteiger charge is 2.07. The van der Waals surface area contributed by atoms with Crippen LogP contribution in [0.4, 0.5) is 5.69 Å². The number of carbonyl (C=O) groups is 2. The van der Waals surface area contributed by atoms with E-state index in [0.717, 1.165) is 17.1 Å². The Labute approximate surface area is 156 Å². The number of carboxylic acids is 1. The predicted octanol–water partition coefficient (Wildman–Crippen LogP) is 4.51. The lowest BCUT2D eigenvalue weighted by molar-refractivity contribution is -0.133. The molecule has 0 fully saturated rings. The minimum atomic E-state index is -0.824. The van der Waals surface area contributed by atoms with Crippen LogP contribution in [0.2, 0.25) is 0 Å². The third-order valence-electron chi connectivity index (χ3n) is 3.37. The fourth-order valence-electron chi connectivity index (χ4n) is 2.17. The van der Waals surface area contributed by atoms with Gasteiger partial charge in [0.15, 0.2) is 0 Å². The molecule has 4 nitrogen and oxygen atoms in total. The molecule has 2 N–H and O–H groups in total.